The Kier molecular flexibility index (Phi) is 2.30. The maximum Gasteiger partial charge on any atom is 0.155 e. The van der Waals surface area contributed by atoms with Gasteiger partial charge >= 0.3 is 0 Å². The van der Waals surface area contributed by atoms with E-state index in [1.165, 1.54) is 0 Å². The van der Waals surface area contributed by atoms with Gasteiger partial charge in [0, 0.05) is 23.4 Å². The van der Waals surface area contributed by atoms with Crippen LogP contribution in [0.15, 0.2) is 42.5 Å². The molecule has 0 bridgehead atoms. The lowest BCUT2D eigenvalue weighted by atomic mass is 10.1. The van der Waals surface area contributed by atoms with E-state index < -0.39 is 0 Å². The van der Waals surface area contributed by atoms with Gasteiger partial charge in [-0.25, -0.2) is 9.50 Å². The number of hydrogen-bond donors (Lipinski definition) is 1. The van der Waals surface area contributed by atoms with E-state index in [1.807, 2.05) is 53.9 Å². The molecule has 4 heteroatoms. The van der Waals surface area contributed by atoms with Crippen LogP contribution in [0.3, 0.4) is 0 Å². The lowest BCUT2D eigenvalue weighted by molar-refractivity contribution is 0.905. The number of benzene rings is 1. The van der Waals surface area contributed by atoms with Crippen LogP contribution >= 0.6 is 12.2 Å². The lowest BCUT2D eigenvalue weighted by Crippen LogP contribution is -1.94. The highest BCUT2D eigenvalue weighted by Gasteiger charge is 2.03. The number of aromatic nitrogens is 3. The highest BCUT2D eigenvalue weighted by molar-refractivity contribution is 7.71. The van der Waals surface area contributed by atoms with Crippen LogP contribution in [0.1, 0.15) is 5.69 Å². The van der Waals surface area contributed by atoms with Crippen LogP contribution < -0.4 is 0 Å². The van der Waals surface area contributed by atoms with Gasteiger partial charge < -0.3 is 0 Å². The molecule has 0 fully saturated rings. The number of nitrogens with one attached hydrogen (secondary N) is 1. The van der Waals surface area contributed by atoms with E-state index in [0.29, 0.717) is 0 Å². The van der Waals surface area contributed by atoms with Crippen molar-refractivity contribution in [2.24, 2.45) is 0 Å². The molecule has 0 aliphatic carbocycles. The average molecular weight is 241 g/mol. The van der Waals surface area contributed by atoms with E-state index in [9.17, 15) is 0 Å². The van der Waals surface area contributed by atoms with E-state index in [-0.39, 0.29) is 0 Å². The van der Waals surface area contributed by atoms with Crippen molar-refractivity contribution in [2.75, 3.05) is 0 Å². The SMILES string of the molecule is Cc1cc2nc(-c3ccccc3)cc(=S)n2[nH]1. The van der Waals surface area contributed by atoms with Crippen LogP contribution in [0.5, 0.6) is 0 Å². The third-order valence-corrected chi connectivity index (χ3v) is 2.95. The van der Waals surface area contributed by atoms with E-state index in [4.69, 9.17) is 12.2 Å². The summed E-state index contributed by atoms with van der Waals surface area (Å²) in [6, 6.07) is 14.0. The summed E-state index contributed by atoms with van der Waals surface area (Å²) in [5.41, 5.74) is 3.90. The quantitative estimate of drug-likeness (QED) is 0.663. The molecule has 0 spiro atoms. The van der Waals surface area contributed by atoms with Gasteiger partial charge in [0.25, 0.3) is 0 Å². The lowest BCUT2D eigenvalue weighted by Gasteiger charge is -2.01. The van der Waals surface area contributed by atoms with E-state index >= 15 is 0 Å². The Balaban J connectivity index is 2.29. The van der Waals surface area contributed by atoms with Crippen LogP contribution in [0.25, 0.3) is 16.9 Å². The predicted octanol–water partition coefficient (Wildman–Crippen LogP) is 3.37. The first kappa shape index (κ1) is 10.2. The zero-order valence-electron chi connectivity index (χ0n) is 9.34. The minimum Gasteiger partial charge on any atom is -0.296 e. The summed E-state index contributed by atoms with van der Waals surface area (Å²) >= 11 is 5.35. The van der Waals surface area contributed by atoms with Crippen molar-refractivity contribution in [1.82, 2.24) is 14.6 Å². The molecule has 0 saturated heterocycles. The number of aryl methyl sites for hydroxylation is 1. The average Bonchev–Trinajstić information content (AvgIpc) is 2.71. The number of rotatable bonds is 1. The molecule has 2 aromatic heterocycles. The highest BCUT2D eigenvalue weighted by Crippen LogP contribution is 2.18. The molecule has 0 amide bonds. The molecule has 0 aliphatic heterocycles. The molecular weight excluding hydrogens is 230 g/mol. The van der Waals surface area contributed by atoms with Crippen LogP contribution in [0.2, 0.25) is 0 Å². The first-order chi connectivity index (χ1) is 8.24. The molecule has 0 atom stereocenters. The summed E-state index contributed by atoms with van der Waals surface area (Å²) in [7, 11) is 0. The third kappa shape index (κ3) is 1.76. The first-order valence-corrected chi connectivity index (χ1v) is 5.80. The fourth-order valence-electron chi connectivity index (χ4n) is 1.87. The molecule has 0 unspecified atom stereocenters. The van der Waals surface area contributed by atoms with Gasteiger partial charge in [-0.05, 0) is 6.92 Å². The number of H-pyrrole nitrogens is 1. The maximum atomic E-state index is 5.35. The summed E-state index contributed by atoms with van der Waals surface area (Å²) in [4.78, 5) is 4.59. The van der Waals surface area contributed by atoms with Gasteiger partial charge in [-0.1, -0.05) is 42.5 Å². The van der Waals surface area contributed by atoms with Gasteiger partial charge in [0.05, 0.1) is 5.69 Å². The van der Waals surface area contributed by atoms with Gasteiger partial charge in [0.1, 0.15) is 4.64 Å². The summed E-state index contributed by atoms with van der Waals surface area (Å²) in [5, 5.41) is 3.16. The molecular formula is C13H11N3S. The molecule has 0 aliphatic rings. The standard InChI is InChI=1S/C13H11N3S/c1-9-7-12-14-11(8-13(17)16(12)15-9)10-5-3-2-4-6-10/h2-8,15H,1H3. The second-order valence-corrected chi connectivity index (χ2v) is 4.40. The van der Waals surface area contributed by atoms with E-state index in [0.717, 1.165) is 27.2 Å². The summed E-state index contributed by atoms with van der Waals surface area (Å²) in [5.74, 6) is 0. The molecule has 3 nitrogen and oxygen atoms in total. The molecule has 2 heterocycles. The Morgan fingerprint density at radius 3 is 2.71 bits per heavy atom. The minimum atomic E-state index is 0.738. The molecule has 1 aromatic carbocycles. The third-order valence-electron chi connectivity index (χ3n) is 2.65. The molecule has 3 rings (SSSR count). The highest BCUT2D eigenvalue weighted by atomic mass is 32.1. The molecule has 1 N–H and O–H groups in total. The maximum absolute atomic E-state index is 5.35. The fraction of sp³-hybridized carbons (Fsp3) is 0.0769. The van der Waals surface area contributed by atoms with Crippen molar-refractivity contribution >= 4 is 17.9 Å². The zero-order chi connectivity index (χ0) is 11.8. The van der Waals surface area contributed by atoms with Crippen molar-refractivity contribution in [3.05, 3.63) is 52.8 Å². The van der Waals surface area contributed by atoms with Gasteiger partial charge in [-0.3, -0.25) is 5.10 Å². The molecule has 17 heavy (non-hydrogen) atoms. The van der Waals surface area contributed by atoms with Crippen molar-refractivity contribution in [3.63, 3.8) is 0 Å². The monoisotopic (exact) mass is 241 g/mol. The summed E-state index contributed by atoms with van der Waals surface area (Å²) in [6.07, 6.45) is 0. The van der Waals surface area contributed by atoms with E-state index in [1.54, 1.807) is 0 Å². The summed E-state index contributed by atoms with van der Waals surface area (Å²) < 4.78 is 2.55. The molecule has 84 valence electrons. The van der Waals surface area contributed by atoms with Crippen molar-refractivity contribution in [2.45, 2.75) is 6.92 Å². The van der Waals surface area contributed by atoms with Crippen molar-refractivity contribution < 1.29 is 0 Å². The van der Waals surface area contributed by atoms with Crippen LogP contribution in [-0.4, -0.2) is 14.6 Å². The Morgan fingerprint density at radius 2 is 1.94 bits per heavy atom. The number of hydrogen-bond acceptors (Lipinski definition) is 2. The van der Waals surface area contributed by atoms with Gasteiger partial charge in [0.2, 0.25) is 0 Å². The largest absolute Gasteiger partial charge is 0.296 e. The van der Waals surface area contributed by atoms with Crippen LogP contribution in [-0.2, 0) is 0 Å². The topological polar surface area (TPSA) is 33.1 Å². The zero-order valence-corrected chi connectivity index (χ0v) is 10.2. The molecule has 0 radical (unpaired) electrons. The number of nitrogens with zero attached hydrogens (tertiary/aromatic N) is 2. The Bertz CT molecular complexity index is 725. The smallest absolute Gasteiger partial charge is 0.155 e. The normalized spacial score (nSPS) is 10.9. The van der Waals surface area contributed by atoms with Crippen LogP contribution in [0.4, 0.5) is 0 Å². The second-order valence-electron chi connectivity index (χ2n) is 3.98. The summed E-state index contributed by atoms with van der Waals surface area (Å²) in [6.45, 7) is 1.99. The van der Waals surface area contributed by atoms with Crippen molar-refractivity contribution in [3.8, 4) is 11.3 Å². The second kappa shape index (κ2) is 3.82. The Hall–Kier alpha value is -1.94. The Labute approximate surface area is 104 Å². The Morgan fingerprint density at radius 1 is 1.18 bits per heavy atom. The first-order valence-electron chi connectivity index (χ1n) is 5.39. The van der Waals surface area contributed by atoms with Gasteiger partial charge in [-0.2, -0.15) is 0 Å². The molecule has 0 saturated carbocycles. The van der Waals surface area contributed by atoms with Crippen LogP contribution in [0, 0.1) is 11.6 Å². The van der Waals surface area contributed by atoms with Gasteiger partial charge in [-0.15, -0.1) is 0 Å². The number of fused-ring (bicyclic) bond motifs is 1. The minimum absolute atomic E-state index is 0.738. The number of aromatic amines is 1. The predicted molar refractivity (Wildman–Crippen MR) is 70.5 cm³/mol. The van der Waals surface area contributed by atoms with Gasteiger partial charge in [0.15, 0.2) is 5.65 Å². The molecule has 3 aromatic rings. The van der Waals surface area contributed by atoms with Crippen molar-refractivity contribution in [1.29, 1.82) is 0 Å². The fourth-order valence-corrected chi connectivity index (χ4v) is 2.12. The van der Waals surface area contributed by atoms with E-state index in [2.05, 4.69) is 10.1 Å².